The molecule has 3 atom stereocenters. The third kappa shape index (κ3) is 8.49. The van der Waals surface area contributed by atoms with Crippen LogP contribution in [0.2, 0.25) is 0 Å². The molecule has 2 N–H and O–H groups in total. The largest absolute Gasteiger partial charge is 0.448 e. The van der Waals surface area contributed by atoms with Gasteiger partial charge in [-0.3, -0.25) is 14.5 Å². The molecule has 0 spiro atoms. The van der Waals surface area contributed by atoms with Crippen molar-refractivity contribution in [2.24, 2.45) is 5.92 Å². The summed E-state index contributed by atoms with van der Waals surface area (Å²) < 4.78 is 62.4. The molecular weight excluding hydrogens is 736 g/mol. The number of benzene rings is 1. The first kappa shape index (κ1) is 39.4. The van der Waals surface area contributed by atoms with Gasteiger partial charge in [-0.15, -0.1) is 11.8 Å². The van der Waals surface area contributed by atoms with E-state index >= 15 is 0 Å². The van der Waals surface area contributed by atoms with E-state index in [1.807, 2.05) is 51.3 Å². The van der Waals surface area contributed by atoms with Gasteiger partial charge in [0.15, 0.2) is 11.5 Å². The normalized spacial score (nSPS) is 25.9. The van der Waals surface area contributed by atoms with Crippen molar-refractivity contribution in [3.8, 4) is 22.6 Å². The van der Waals surface area contributed by atoms with Gasteiger partial charge in [0.25, 0.3) is 17.3 Å². The molecule has 3 unspecified atom stereocenters. The lowest BCUT2D eigenvalue weighted by atomic mass is 9.80. The molecule has 0 bridgehead atoms. The molecule has 2 aromatic heterocycles. The van der Waals surface area contributed by atoms with Gasteiger partial charge in [-0.25, -0.2) is 4.98 Å². The fraction of sp³-hybridized carbons (Fsp3) is 0.575. The highest BCUT2D eigenvalue weighted by Gasteiger charge is 2.49. The molecule has 3 aliphatic heterocycles. The van der Waals surface area contributed by atoms with Gasteiger partial charge in [0, 0.05) is 96.2 Å². The number of aromatic amines is 1. The van der Waals surface area contributed by atoms with Gasteiger partial charge >= 0.3 is 6.18 Å². The van der Waals surface area contributed by atoms with E-state index in [2.05, 4.69) is 33.9 Å². The van der Waals surface area contributed by atoms with Crippen LogP contribution in [-0.4, -0.2) is 96.1 Å². The van der Waals surface area contributed by atoms with Crippen LogP contribution in [0, 0.1) is 19.8 Å². The predicted octanol–water partition coefficient (Wildman–Crippen LogP) is 6.63. The van der Waals surface area contributed by atoms with Crippen LogP contribution in [-0.2, 0) is 16.0 Å². The molecule has 5 heterocycles. The van der Waals surface area contributed by atoms with Crippen LogP contribution in [0.25, 0.3) is 11.1 Å². The zero-order valence-electron chi connectivity index (χ0n) is 32.2. The van der Waals surface area contributed by atoms with Crippen molar-refractivity contribution in [3.05, 3.63) is 63.2 Å². The molecule has 4 aliphatic rings. The van der Waals surface area contributed by atoms with Gasteiger partial charge in [-0.1, -0.05) is 0 Å². The van der Waals surface area contributed by atoms with Crippen molar-refractivity contribution in [2.45, 2.75) is 108 Å². The number of anilines is 1. The van der Waals surface area contributed by atoms with Crippen molar-refractivity contribution in [1.82, 2.24) is 20.2 Å². The average Bonchev–Trinajstić information content (AvgIpc) is 3.49. The first-order chi connectivity index (χ1) is 26.1. The minimum absolute atomic E-state index is 0.0308. The lowest BCUT2D eigenvalue weighted by molar-refractivity contribution is -0.203. The molecule has 1 aliphatic carbocycles. The minimum Gasteiger partial charge on any atom is -0.448 e. The number of likely N-dealkylation sites (tertiary alicyclic amines) is 1. The smallest absolute Gasteiger partial charge is 0.411 e. The van der Waals surface area contributed by atoms with E-state index < -0.39 is 24.7 Å². The van der Waals surface area contributed by atoms with E-state index in [9.17, 15) is 22.8 Å². The van der Waals surface area contributed by atoms with Gasteiger partial charge in [0.2, 0.25) is 0 Å². The van der Waals surface area contributed by atoms with Crippen molar-refractivity contribution >= 4 is 23.5 Å². The number of fused-ring (bicyclic) bond motifs is 1. The molecule has 15 heteroatoms. The number of hydrogen-bond donors (Lipinski definition) is 2. The van der Waals surface area contributed by atoms with E-state index in [4.69, 9.17) is 23.9 Å². The number of morpholine rings is 1. The Balaban J connectivity index is 1.12. The second-order valence-electron chi connectivity index (χ2n) is 15.6. The van der Waals surface area contributed by atoms with Gasteiger partial charge in [-0.2, -0.15) is 13.2 Å². The summed E-state index contributed by atoms with van der Waals surface area (Å²) in [6.45, 7) is 11.0. The summed E-state index contributed by atoms with van der Waals surface area (Å²) in [6.07, 6.45) is 2.45. The monoisotopic (exact) mass is 785 g/mol. The molecule has 0 radical (unpaired) electrons. The molecule has 1 saturated carbocycles. The Morgan fingerprint density at radius 2 is 1.75 bits per heavy atom. The molecule has 3 fully saturated rings. The third-order valence-corrected chi connectivity index (χ3v) is 12.1. The quantitative estimate of drug-likeness (QED) is 0.217. The van der Waals surface area contributed by atoms with Crippen molar-refractivity contribution < 1.29 is 36.9 Å². The number of carbonyl (C=O) groups is 1. The van der Waals surface area contributed by atoms with E-state index in [0.29, 0.717) is 46.8 Å². The standard InChI is InChI=1S/C40H50F3N5O6S/c1-22-13-33(55-6)32(38(50)46-22)16-45-37(49)30-14-31(26-7-12-34(44-15-26)48-17-23(2)52-24(3)18-48)36-35(25(30)4)53-39(5,54-36)27-8-10-28(11-9-27)47-19-29(20-47)51-21-40(41,42)43/h7,12-15,23-24,27-29H,8-11,16-21H2,1-6H3,(H,45,49)(H,46,50). The van der Waals surface area contributed by atoms with E-state index in [1.165, 1.54) is 11.8 Å². The van der Waals surface area contributed by atoms with Gasteiger partial charge in [0.1, 0.15) is 12.4 Å². The van der Waals surface area contributed by atoms with Crippen LogP contribution in [0.15, 0.2) is 40.2 Å². The Labute approximate surface area is 323 Å². The van der Waals surface area contributed by atoms with E-state index in [1.54, 1.807) is 6.20 Å². The van der Waals surface area contributed by atoms with Crippen molar-refractivity contribution in [3.63, 3.8) is 0 Å². The number of alkyl halides is 3. The second kappa shape index (κ2) is 15.6. The summed E-state index contributed by atoms with van der Waals surface area (Å²) >= 11 is 1.45. The Bertz CT molecular complexity index is 1940. The summed E-state index contributed by atoms with van der Waals surface area (Å²) in [5.74, 6) is 0.555. The van der Waals surface area contributed by atoms with Crippen molar-refractivity contribution in [1.29, 1.82) is 0 Å². The third-order valence-electron chi connectivity index (χ3n) is 11.3. The number of ether oxygens (including phenoxy) is 4. The maximum absolute atomic E-state index is 14.0. The summed E-state index contributed by atoms with van der Waals surface area (Å²) in [6, 6.07) is 7.94. The zero-order chi connectivity index (χ0) is 39.2. The number of nitrogens with zero attached hydrogens (tertiary/aromatic N) is 3. The highest BCUT2D eigenvalue weighted by atomic mass is 32.2. The first-order valence-corrected chi connectivity index (χ1v) is 20.2. The molecule has 55 heavy (non-hydrogen) atoms. The van der Waals surface area contributed by atoms with Gasteiger partial charge in [0.05, 0.1) is 18.3 Å². The molecular formula is C40H50F3N5O6S. The number of rotatable bonds is 10. The van der Waals surface area contributed by atoms with Crippen LogP contribution in [0.3, 0.4) is 0 Å². The second-order valence-corrected chi connectivity index (χ2v) is 16.4. The van der Waals surface area contributed by atoms with Crippen LogP contribution in [0.1, 0.15) is 73.6 Å². The number of nitrogens with one attached hydrogen (secondary N) is 2. The highest BCUT2D eigenvalue weighted by Crippen LogP contribution is 2.53. The molecule has 2 saturated heterocycles. The molecule has 11 nitrogen and oxygen atoms in total. The molecule has 1 amide bonds. The molecule has 1 aromatic carbocycles. The molecule has 298 valence electrons. The summed E-state index contributed by atoms with van der Waals surface area (Å²) in [7, 11) is 0. The summed E-state index contributed by atoms with van der Waals surface area (Å²) in [4.78, 5) is 39.8. The summed E-state index contributed by atoms with van der Waals surface area (Å²) in [5.41, 5.74) is 3.47. The number of halogens is 3. The number of aryl methyl sites for hydroxylation is 1. The number of pyridine rings is 2. The molecule has 3 aromatic rings. The fourth-order valence-electron chi connectivity index (χ4n) is 8.45. The lowest BCUT2D eigenvalue weighted by Crippen LogP contribution is -2.58. The maximum atomic E-state index is 14.0. The Hall–Kier alpha value is -3.79. The number of hydrogen-bond acceptors (Lipinski definition) is 10. The number of aromatic nitrogens is 2. The number of thioether (sulfide) groups is 1. The SMILES string of the molecule is CSc1cc(C)[nH]c(=O)c1CNC(=O)c1cc(-c2ccc(N3CC(C)OC(C)C3)nc2)c2c(c1C)OC(C)(C1CCC(N3CC(OCC(F)(F)F)C3)CC1)O2. The Kier molecular flexibility index (Phi) is 11.2. The highest BCUT2D eigenvalue weighted by molar-refractivity contribution is 7.98. The van der Waals surface area contributed by atoms with Crippen LogP contribution in [0.5, 0.6) is 11.5 Å². The number of H-pyrrole nitrogens is 1. The topological polar surface area (TPSA) is 118 Å². The zero-order valence-corrected chi connectivity index (χ0v) is 33.0. The maximum Gasteiger partial charge on any atom is 0.411 e. The number of carbonyl (C=O) groups excluding carboxylic acids is 1. The van der Waals surface area contributed by atoms with Crippen LogP contribution in [0.4, 0.5) is 19.0 Å². The van der Waals surface area contributed by atoms with Gasteiger partial charge in [-0.05, 0) is 83.9 Å². The lowest BCUT2D eigenvalue weighted by Gasteiger charge is -2.47. The van der Waals surface area contributed by atoms with Crippen LogP contribution >= 0.6 is 11.8 Å². The molecule has 7 rings (SSSR count). The van der Waals surface area contributed by atoms with Crippen molar-refractivity contribution in [2.75, 3.05) is 43.9 Å². The average molecular weight is 786 g/mol. The predicted molar refractivity (Wildman–Crippen MR) is 204 cm³/mol. The summed E-state index contributed by atoms with van der Waals surface area (Å²) in [5, 5.41) is 2.98. The fourth-order valence-corrected chi connectivity index (χ4v) is 9.15. The Morgan fingerprint density at radius 1 is 1.05 bits per heavy atom. The Morgan fingerprint density at radius 3 is 2.38 bits per heavy atom. The minimum atomic E-state index is -4.32. The van der Waals surface area contributed by atoms with Gasteiger partial charge < -0.3 is 34.1 Å². The van der Waals surface area contributed by atoms with E-state index in [-0.39, 0.29) is 42.2 Å². The first-order valence-electron chi connectivity index (χ1n) is 19.0. The van der Waals surface area contributed by atoms with Crippen LogP contribution < -0.4 is 25.2 Å². The van der Waals surface area contributed by atoms with E-state index in [0.717, 1.165) is 60.7 Å². The number of amides is 1.